The van der Waals surface area contributed by atoms with Gasteiger partial charge in [0.05, 0.1) is 23.0 Å². The van der Waals surface area contributed by atoms with Crippen LogP contribution in [0.25, 0.3) is 0 Å². The third kappa shape index (κ3) is 4.70. The first-order valence-corrected chi connectivity index (χ1v) is 14.7. The molecule has 0 unspecified atom stereocenters. The van der Waals surface area contributed by atoms with Crippen molar-refractivity contribution in [2.24, 2.45) is 22.7 Å². The van der Waals surface area contributed by atoms with E-state index in [1.807, 2.05) is 13.8 Å². The van der Waals surface area contributed by atoms with Crippen molar-refractivity contribution in [3.63, 3.8) is 0 Å². The maximum Gasteiger partial charge on any atom is 0.296 e. The molecule has 4 aliphatic carbocycles. The molecule has 4 bridgehead atoms. The van der Waals surface area contributed by atoms with Crippen molar-refractivity contribution >= 4 is 20.2 Å². The van der Waals surface area contributed by atoms with Crippen molar-refractivity contribution in [2.75, 3.05) is 13.2 Å². The second kappa shape index (κ2) is 8.43. The molecule has 0 radical (unpaired) electrons. The first-order valence-electron chi connectivity index (χ1n) is 11.9. The van der Waals surface area contributed by atoms with E-state index < -0.39 is 20.2 Å². The third-order valence-electron chi connectivity index (χ3n) is 7.96. The lowest BCUT2D eigenvalue weighted by Crippen LogP contribution is -2.55. The average molecular weight is 505 g/mol. The van der Waals surface area contributed by atoms with E-state index >= 15 is 0 Å². The summed E-state index contributed by atoms with van der Waals surface area (Å²) in [6.07, 6.45) is 5.58. The van der Waals surface area contributed by atoms with Gasteiger partial charge in [0, 0.05) is 0 Å². The first kappa shape index (κ1) is 24.0. The molecule has 0 saturated heterocycles. The molecule has 0 aromatic heterocycles. The Labute approximate surface area is 202 Å². The van der Waals surface area contributed by atoms with Crippen molar-refractivity contribution in [1.82, 2.24) is 0 Å². The Morgan fingerprint density at radius 2 is 1.03 bits per heavy atom. The maximum absolute atomic E-state index is 12.8. The molecule has 0 N–H and O–H groups in total. The smallest absolute Gasteiger partial charge is 0.266 e. The van der Waals surface area contributed by atoms with Crippen molar-refractivity contribution in [3.8, 4) is 0 Å². The maximum atomic E-state index is 12.8. The summed E-state index contributed by atoms with van der Waals surface area (Å²) in [6, 6.07) is 13.4. The zero-order valence-electron chi connectivity index (χ0n) is 19.7. The van der Waals surface area contributed by atoms with Crippen LogP contribution in [-0.4, -0.2) is 30.0 Å². The molecular weight excluding hydrogens is 472 g/mol. The minimum absolute atomic E-state index is 0.142. The molecule has 0 heterocycles. The van der Waals surface area contributed by atoms with Crippen LogP contribution in [0.2, 0.25) is 0 Å². The van der Waals surface area contributed by atoms with Gasteiger partial charge in [0.2, 0.25) is 0 Å². The number of aryl methyl sites for hydroxylation is 2. The summed E-state index contributed by atoms with van der Waals surface area (Å²) in [5.41, 5.74) is 1.47. The normalized spacial score (nSPS) is 30.5. The fourth-order valence-corrected chi connectivity index (χ4v) is 8.96. The molecule has 0 spiro atoms. The van der Waals surface area contributed by atoms with Crippen LogP contribution in [0.1, 0.15) is 49.7 Å². The second-order valence-electron chi connectivity index (χ2n) is 11.0. The van der Waals surface area contributed by atoms with E-state index in [2.05, 4.69) is 0 Å². The summed E-state index contributed by atoms with van der Waals surface area (Å²) < 4.78 is 62.6. The van der Waals surface area contributed by atoms with Crippen molar-refractivity contribution in [1.29, 1.82) is 0 Å². The van der Waals surface area contributed by atoms with Gasteiger partial charge in [-0.2, -0.15) is 16.8 Å². The van der Waals surface area contributed by atoms with Crippen molar-refractivity contribution in [2.45, 2.75) is 62.2 Å². The molecule has 4 aliphatic rings. The second-order valence-corrected chi connectivity index (χ2v) is 14.3. The van der Waals surface area contributed by atoms with E-state index in [0.717, 1.165) is 49.7 Å². The zero-order valence-corrected chi connectivity index (χ0v) is 21.3. The van der Waals surface area contributed by atoms with E-state index in [1.54, 1.807) is 48.5 Å². The molecule has 0 aliphatic heterocycles. The Balaban J connectivity index is 1.31. The summed E-state index contributed by atoms with van der Waals surface area (Å²) in [6.45, 7) is 4.10. The van der Waals surface area contributed by atoms with Gasteiger partial charge < -0.3 is 0 Å². The van der Waals surface area contributed by atoms with Gasteiger partial charge in [-0.15, -0.1) is 0 Å². The van der Waals surface area contributed by atoms with Crippen LogP contribution in [0.5, 0.6) is 0 Å². The number of rotatable bonds is 8. The summed E-state index contributed by atoms with van der Waals surface area (Å²) in [7, 11) is -7.69. The van der Waals surface area contributed by atoms with E-state index in [9.17, 15) is 16.8 Å². The van der Waals surface area contributed by atoms with Crippen LogP contribution in [0.15, 0.2) is 58.3 Å². The standard InChI is InChI=1S/C26H32O6S2/c1-19-3-7-23(8-4-19)33(27,28)31-17-25-12-21-11-22(13-25)15-26(14-21,16-25)18-32-34(29,30)24-9-5-20(2)6-10-24/h3-10,21-22H,11-18H2,1-2H3. The average Bonchev–Trinajstić information content (AvgIpc) is 2.77. The predicted molar refractivity (Wildman–Crippen MR) is 128 cm³/mol. The van der Waals surface area contributed by atoms with Crippen molar-refractivity contribution in [3.05, 3.63) is 59.7 Å². The fraction of sp³-hybridized carbons (Fsp3) is 0.538. The predicted octanol–water partition coefficient (Wildman–Crippen LogP) is 5.00. The summed E-state index contributed by atoms with van der Waals surface area (Å²) in [4.78, 5) is 0.343. The topological polar surface area (TPSA) is 86.7 Å². The zero-order chi connectivity index (χ0) is 24.2. The van der Waals surface area contributed by atoms with Gasteiger partial charge in [0.25, 0.3) is 20.2 Å². The molecule has 8 heteroatoms. The molecule has 2 aromatic carbocycles. The van der Waals surface area contributed by atoms with Crippen molar-refractivity contribution < 1.29 is 25.2 Å². The van der Waals surface area contributed by atoms with Crippen LogP contribution in [0, 0.1) is 36.5 Å². The Kier molecular flexibility index (Phi) is 5.95. The van der Waals surface area contributed by atoms with E-state index in [0.29, 0.717) is 11.8 Å². The lowest BCUT2D eigenvalue weighted by atomic mass is 9.44. The highest BCUT2D eigenvalue weighted by Crippen LogP contribution is 2.65. The highest BCUT2D eigenvalue weighted by atomic mass is 32.2. The van der Waals surface area contributed by atoms with Crippen LogP contribution in [0.3, 0.4) is 0 Å². The molecule has 2 aromatic rings. The molecule has 0 amide bonds. The lowest BCUT2D eigenvalue weighted by Gasteiger charge is -2.61. The van der Waals surface area contributed by atoms with Gasteiger partial charge >= 0.3 is 0 Å². The summed E-state index contributed by atoms with van der Waals surface area (Å²) in [5, 5.41) is 0. The van der Waals surface area contributed by atoms with Crippen LogP contribution in [0.4, 0.5) is 0 Å². The van der Waals surface area contributed by atoms with Crippen LogP contribution < -0.4 is 0 Å². The Hall–Kier alpha value is -1.74. The minimum atomic E-state index is -3.84. The van der Waals surface area contributed by atoms with Gasteiger partial charge in [-0.1, -0.05) is 35.4 Å². The minimum Gasteiger partial charge on any atom is -0.266 e. The Morgan fingerprint density at radius 1 is 0.676 bits per heavy atom. The molecule has 184 valence electrons. The van der Waals surface area contributed by atoms with Gasteiger partial charge in [0.15, 0.2) is 0 Å². The lowest BCUT2D eigenvalue weighted by molar-refractivity contribution is -0.137. The molecule has 4 saturated carbocycles. The van der Waals surface area contributed by atoms with E-state index in [-0.39, 0.29) is 33.8 Å². The van der Waals surface area contributed by atoms with E-state index in [4.69, 9.17) is 8.37 Å². The largest absolute Gasteiger partial charge is 0.296 e. The van der Waals surface area contributed by atoms with Crippen LogP contribution in [-0.2, 0) is 28.6 Å². The summed E-state index contributed by atoms with van der Waals surface area (Å²) >= 11 is 0. The SMILES string of the molecule is Cc1ccc(S(=O)(=O)OCC23CC4CC(C2)CC(COS(=O)(=O)c2ccc(C)cc2)(C4)C3)cc1. The molecular formula is C26H32O6S2. The Bertz CT molecular complexity index is 1150. The number of benzene rings is 2. The highest BCUT2D eigenvalue weighted by Gasteiger charge is 2.58. The molecule has 0 atom stereocenters. The van der Waals surface area contributed by atoms with Gasteiger partial charge in [-0.3, -0.25) is 8.37 Å². The Morgan fingerprint density at radius 3 is 1.38 bits per heavy atom. The molecule has 34 heavy (non-hydrogen) atoms. The highest BCUT2D eigenvalue weighted by molar-refractivity contribution is 7.87. The first-order chi connectivity index (χ1) is 16.0. The molecule has 4 fully saturated rings. The third-order valence-corrected chi connectivity index (χ3v) is 10.5. The van der Waals surface area contributed by atoms with Crippen LogP contribution >= 0.6 is 0 Å². The quantitative estimate of drug-likeness (QED) is 0.470. The van der Waals surface area contributed by atoms with Gasteiger partial charge in [-0.05, 0) is 99.3 Å². The van der Waals surface area contributed by atoms with E-state index in [1.165, 1.54) is 0 Å². The number of hydrogen-bond donors (Lipinski definition) is 0. The molecule has 6 rings (SSSR count). The summed E-state index contributed by atoms with van der Waals surface area (Å²) in [5.74, 6) is 0.912. The molecule has 6 nitrogen and oxygen atoms in total. The fourth-order valence-electron chi connectivity index (χ4n) is 6.94. The van der Waals surface area contributed by atoms with Gasteiger partial charge in [0.1, 0.15) is 0 Å². The number of hydrogen-bond acceptors (Lipinski definition) is 6. The monoisotopic (exact) mass is 504 g/mol. The van der Waals surface area contributed by atoms with Gasteiger partial charge in [-0.25, -0.2) is 0 Å².